The molecule has 2 aliphatic heterocycles. The largest absolute Gasteiger partial charge is 0.465 e. The summed E-state index contributed by atoms with van der Waals surface area (Å²) in [6.45, 7) is 4.05. The Morgan fingerprint density at radius 2 is 1.72 bits per heavy atom. The van der Waals surface area contributed by atoms with Crippen molar-refractivity contribution in [2.24, 2.45) is 11.3 Å². The van der Waals surface area contributed by atoms with Crippen LogP contribution in [0.25, 0.3) is 10.8 Å². The van der Waals surface area contributed by atoms with Gasteiger partial charge in [0, 0.05) is 16.6 Å². The van der Waals surface area contributed by atoms with Crippen molar-refractivity contribution in [2.75, 3.05) is 6.61 Å². The highest BCUT2D eigenvalue weighted by molar-refractivity contribution is 6.30. The van der Waals surface area contributed by atoms with Crippen LogP contribution in [0.4, 0.5) is 0 Å². The average Bonchev–Trinajstić information content (AvgIpc) is 2.78. The molecule has 3 fully saturated rings. The molecule has 1 aliphatic carbocycles. The van der Waals surface area contributed by atoms with E-state index >= 15 is 0 Å². The molecule has 3 aromatic rings. The Kier molecular flexibility index (Phi) is 5.11. The zero-order valence-corrected chi connectivity index (χ0v) is 19.0. The lowest BCUT2D eigenvalue weighted by Gasteiger charge is -2.63. The van der Waals surface area contributed by atoms with Crippen LogP contribution in [-0.2, 0) is 9.53 Å². The number of hydrogen-bond acceptors (Lipinski definition) is 4. The Morgan fingerprint density at radius 1 is 1.03 bits per heavy atom. The number of fused-ring (bicyclic) bond motifs is 3. The van der Waals surface area contributed by atoms with Crippen molar-refractivity contribution < 1.29 is 14.3 Å². The molecule has 0 radical (unpaired) electrons. The van der Waals surface area contributed by atoms with E-state index in [4.69, 9.17) is 16.3 Å². The predicted molar refractivity (Wildman–Crippen MR) is 126 cm³/mol. The quantitative estimate of drug-likeness (QED) is 0.400. The zero-order chi connectivity index (χ0) is 22.5. The van der Waals surface area contributed by atoms with Gasteiger partial charge in [0.1, 0.15) is 5.54 Å². The van der Waals surface area contributed by atoms with Crippen molar-refractivity contribution >= 4 is 34.1 Å². The van der Waals surface area contributed by atoms with Gasteiger partial charge in [-0.3, -0.25) is 14.9 Å². The summed E-state index contributed by atoms with van der Waals surface area (Å²) < 4.78 is 5.40. The molecule has 0 spiro atoms. The molecular weight excluding hydrogens is 422 g/mol. The maximum atomic E-state index is 14.0. The second-order valence-electron chi connectivity index (χ2n) is 9.20. The summed E-state index contributed by atoms with van der Waals surface area (Å²) in [5, 5.41) is 6.34. The summed E-state index contributed by atoms with van der Waals surface area (Å²) in [4.78, 5) is 26.9. The van der Waals surface area contributed by atoms with E-state index in [-0.39, 0.29) is 23.7 Å². The Morgan fingerprint density at radius 3 is 2.41 bits per heavy atom. The number of piperidine rings is 2. The summed E-state index contributed by atoms with van der Waals surface area (Å²) in [5.41, 5.74) is 0.235. The van der Waals surface area contributed by atoms with E-state index in [1.807, 2.05) is 80.6 Å². The Labute approximate surface area is 192 Å². The standard InChI is InChI=1S/C27H26ClNO3/c1-3-32-25(31)26(2)21-15-27(16-21,23(29-26)18-10-12-22(28)13-11-18)24(30)20-9-8-17-6-4-5-7-19(17)14-20/h4-14,21,23,29H,3,15-16H2,1-2H3/t21?,23-,26-,27?/m0/s1. The Hall–Kier alpha value is -2.69. The summed E-state index contributed by atoms with van der Waals surface area (Å²) in [7, 11) is 0. The molecule has 0 aromatic heterocycles. The number of Topliss-reactive ketones (excluding diaryl/α,β-unsaturated/α-hetero) is 1. The maximum Gasteiger partial charge on any atom is 0.326 e. The van der Waals surface area contributed by atoms with E-state index in [9.17, 15) is 9.59 Å². The number of carbonyl (C=O) groups excluding carboxylic acids is 2. The van der Waals surface area contributed by atoms with E-state index in [0.717, 1.165) is 16.3 Å². The topological polar surface area (TPSA) is 55.4 Å². The lowest BCUT2D eigenvalue weighted by Crippen LogP contribution is -2.72. The van der Waals surface area contributed by atoms with Crippen molar-refractivity contribution in [3.05, 3.63) is 82.9 Å². The molecular formula is C27H26ClNO3. The van der Waals surface area contributed by atoms with Gasteiger partial charge in [-0.1, -0.05) is 60.1 Å². The summed E-state index contributed by atoms with van der Waals surface area (Å²) in [6, 6.07) is 21.2. The lowest BCUT2D eigenvalue weighted by atomic mass is 9.46. The molecule has 2 saturated heterocycles. The molecule has 32 heavy (non-hydrogen) atoms. The first-order valence-corrected chi connectivity index (χ1v) is 11.5. The Bertz CT molecular complexity index is 1200. The number of halogens is 1. The van der Waals surface area contributed by atoms with Crippen LogP contribution in [0.3, 0.4) is 0 Å². The van der Waals surface area contributed by atoms with Crippen molar-refractivity contribution in [1.29, 1.82) is 0 Å². The predicted octanol–water partition coefficient (Wildman–Crippen LogP) is 5.74. The molecule has 1 saturated carbocycles. The van der Waals surface area contributed by atoms with E-state index in [1.165, 1.54) is 0 Å². The third kappa shape index (κ3) is 3.16. The average molecular weight is 448 g/mol. The molecule has 6 rings (SSSR count). The number of ketones is 1. The number of rotatable bonds is 5. The number of ether oxygens (including phenoxy) is 1. The summed E-state index contributed by atoms with van der Waals surface area (Å²) in [6.07, 6.45) is 1.29. The third-order valence-corrected chi connectivity index (χ3v) is 7.65. The van der Waals surface area contributed by atoms with Crippen LogP contribution in [0.5, 0.6) is 0 Å². The van der Waals surface area contributed by atoms with Gasteiger partial charge in [0.05, 0.1) is 12.0 Å². The van der Waals surface area contributed by atoms with Crippen LogP contribution < -0.4 is 5.32 Å². The van der Waals surface area contributed by atoms with E-state index in [2.05, 4.69) is 5.32 Å². The molecule has 2 bridgehead atoms. The van der Waals surface area contributed by atoms with Gasteiger partial charge in [-0.2, -0.15) is 0 Å². The Balaban J connectivity index is 1.56. The smallest absolute Gasteiger partial charge is 0.326 e. The summed E-state index contributed by atoms with van der Waals surface area (Å²) >= 11 is 6.13. The second-order valence-corrected chi connectivity index (χ2v) is 9.64. The van der Waals surface area contributed by atoms with Crippen molar-refractivity contribution in [3.8, 4) is 0 Å². The van der Waals surface area contributed by atoms with Crippen molar-refractivity contribution in [2.45, 2.75) is 38.3 Å². The normalized spacial score (nSPS) is 28.7. The molecule has 2 heterocycles. The fourth-order valence-corrected chi connectivity index (χ4v) is 5.64. The number of nitrogens with one attached hydrogen (secondary N) is 1. The number of benzene rings is 3. The van der Waals surface area contributed by atoms with Gasteiger partial charge in [0.2, 0.25) is 0 Å². The van der Waals surface area contributed by atoms with Gasteiger partial charge >= 0.3 is 5.97 Å². The van der Waals surface area contributed by atoms with Crippen molar-refractivity contribution in [3.63, 3.8) is 0 Å². The monoisotopic (exact) mass is 447 g/mol. The van der Waals surface area contributed by atoms with Crippen LogP contribution >= 0.6 is 11.6 Å². The van der Waals surface area contributed by atoms with Gasteiger partial charge in [-0.15, -0.1) is 0 Å². The highest BCUT2D eigenvalue weighted by Gasteiger charge is 2.67. The van der Waals surface area contributed by atoms with Crippen LogP contribution in [0, 0.1) is 11.3 Å². The van der Waals surface area contributed by atoms with Gasteiger partial charge in [-0.25, -0.2) is 0 Å². The molecule has 2 atom stereocenters. The molecule has 0 unspecified atom stereocenters. The van der Waals surface area contributed by atoms with Crippen LogP contribution in [-0.4, -0.2) is 23.9 Å². The van der Waals surface area contributed by atoms with E-state index < -0.39 is 11.0 Å². The fourth-order valence-electron chi connectivity index (χ4n) is 5.52. The van der Waals surface area contributed by atoms with Gasteiger partial charge < -0.3 is 4.74 Å². The number of carbonyl (C=O) groups is 2. The summed E-state index contributed by atoms with van der Waals surface area (Å²) in [5.74, 6) is -0.0808. The second kappa shape index (κ2) is 7.72. The lowest BCUT2D eigenvalue weighted by molar-refractivity contribution is -0.167. The minimum absolute atomic E-state index is 0.0505. The van der Waals surface area contributed by atoms with Gasteiger partial charge in [-0.05, 0) is 67.1 Å². The minimum Gasteiger partial charge on any atom is -0.465 e. The highest BCUT2D eigenvalue weighted by Crippen LogP contribution is 2.63. The van der Waals surface area contributed by atoms with E-state index in [0.29, 0.717) is 30.0 Å². The van der Waals surface area contributed by atoms with Gasteiger partial charge in [0.25, 0.3) is 0 Å². The zero-order valence-electron chi connectivity index (χ0n) is 18.2. The van der Waals surface area contributed by atoms with Gasteiger partial charge in [0.15, 0.2) is 5.78 Å². The van der Waals surface area contributed by atoms with Crippen LogP contribution in [0.15, 0.2) is 66.7 Å². The maximum absolute atomic E-state index is 14.0. The number of esters is 1. The molecule has 0 amide bonds. The van der Waals surface area contributed by atoms with E-state index in [1.54, 1.807) is 0 Å². The number of hydrogen-bond donors (Lipinski definition) is 1. The molecule has 3 aliphatic rings. The van der Waals surface area contributed by atoms with Crippen LogP contribution in [0.1, 0.15) is 48.7 Å². The molecule has 5 heteroatoms. The molecule has 3 aromatic carbocycles. The van der Waals surface area contributed by atoms with Crippen molar-refractivity contribution in [1.82, 2.24) is 5.32 Å². The molecule has 1 N–H and O–H groups in total. The highest BCUT2D eigenvalue weighted by atomic mass is 35.5. The fraction of sp³-hybridized carbons (Fsp3) is 0.333. The third-order valence-electron chi connectivity index (χ3n) is 7.40. The first-order chi connectivity index (χ1) is 15.4. The SMILES string of the molecule is CCOC(=O)[C@@]1(C)N[C@@H](c2ccc(Cl)cc2)C2(C(=O)c3ccc4ccccc4c3)CC1C2. The first-order valence-electron chi connectivity index (χ1n) is 11.1. The van der Waals surface area contributed by atoms with Crippen LogP contribution in [0.2, 0.25) is 5.02 Å². The molecule has 164 valence electrons. The first kappa shape index (κ1) is 21.2. The minimum atomic E-state index is -0.828. The molecule has 4 nitrogen and oxygen atoms in total.